The van der Waals surface area contributed by atoms with Crippen LogP contribution in [0.4, 0.5) is 0 Å². The predicted octanol–water partition coefficient (Wildman–Crippen LogP) is 5.17. The molecular formula is C29H38N4O2. The number of H-pyrrole nitrogens is 1. The topological polar surface area (TPSA) is 78.1 Å². The quantitative estimate of drug-likeness (QED) is 0.644. The van der Waals surface area contributed by atoms with Gasteiger partial charge in [0.1, 0.15) is 5.82 Å². The molecule has 3 aliphatic carbocycles. The summed E-state index contributed by atoms with van der Waals surface area (Å²) in [5.74, 6) is 3.10. The number of amides is 2. The second kappa shape index (κ2) is 7.94. The summed E-state index contributed by atoms with van der Waals surface area (Å²) in [7, 11) is 1.98. The molecule has 1 aromatic heterocycles. The van der Waals surface area contributed by atoms with E-state index in [1.807, 2.05) is 36.2 Å². The highest BCUT2D eigenvalue weighted by atomic mass is 16.2. The number of hydrogen-bond donors (Lipinski definition) is 2. The molecule has 3 fully saturated rings. The van der Waals surface area contributed by atoms with E-state index in [9.17, 15) is 9.59 Å². The molecule has 186 valence electrons. The van der Waals surface area contributed by atoms with Crippen molar-refractivity contribution in [3.05, 3.63) is 41.4 Å². The number of rotatable bonds is 3. The lowest BCUT2D eigenvalue weighted by Crippen LogP contribution is -2.55. The van der Waals surface area contributed by atoms with Gasteiger partial charge in [-0.2, -0.15) is 0 Å². The summed E-state index contributed by atoms with van der Waals surface area (Å²) in [4.78, 5) is 35.9. The lowest BCUT2D eigenvalue weighted by Gasteiger charge is -2.59. The van der Waals surface area contributed by atoms with Crippen molar-refractivity contribution in [3.8, 4) is 0 Å². The molecule has 2 saturated carbocycles. The van der Waals surface area contributed by atoms with Gasteiger partial charge in [0.05, 0.1) is 17.6 Å². The van der Waals surface area contributed by atoms with Crippen LogP contribution in [-0.2, 0) is 16.1 Å². The number of nitrogens with one attached hydrogen (secondary N) is 2. The van der Waals surface area contributed by atoms with Crippen molar-refractivity contribution in [1.82, 2.24) is 20.2 Å². The number of benzene rings is 1. The van der Waals surface area contributed by atoms with Crippen LogP contribution in [0.1, 0.15) is 71.5 Å². The normalized spacial score (nSPS) is 36.7. The van der Waals surface area contributed by atoms with E-state index in [1.54, 1.807) is 0 Å². The summed E-state index contributed by atoms with van der Waals surface area (Å²) < 4.78 is 0. The minimum absolute atomic E-state index is 0.0453. The average Bonchev–Trinajstić information content (AvgIpc) is 3.40. The van der Waals surface area contributed by atoms with Gasteiger partial charge in [-0.25, -0.2) is 4.98 Å². The summed E-state index contributed by atoms with van der Waals surface area (Å²) in [6, 6.07) is 7.98. The molecule has 1 saturated heterocycles. The van der Waals surface area contributed by atoms with Crippen molar-refractivity contribution < 1.29 is 9.59 Å². The van der Waals surface area contributed by atoms with Crippen LogP contribution < -0.4 is 5.32 Å². The molecule has 0 unspecified atom stereocenters. The van der Waals surface area contributed by atoms with Crippen LogP contribution in [-0.4, -0.2) is 33.7 Å². The van der Waals surface area contributed by atoms with Gasteiger partial charge in [-0.05, 0) is 80.8 Å². The van der Waals surface area contributed by atoms with Crippen molar-refractivity contribution in [1.29, 1.82) is 0 Å². The number of hydrogen-bond acceptors (Lipinski definition) is 3. The number of piperidine rings is 1. The first-order valence-electron chi connectivity index (χ1n) is 13.4. The molecule has 2 heterocycles. The molecule has 2 amide bonds. The van der Waals surface area contributed by atoms with Gasteiger partial charge in [0.15, 0.2) is 0 Å². The molecule has 4 aliphatic rings. The van der Waals surface area contributed by atoms with Crippen LogP contribution in [0.25, 0.3) is 11.0 Å². The molecular weight excluding hydrogens is 436 g/mol. The zero-order valence-corrected chi connectivity index (χ0v) is 21.5. The van der Waals surface area contributed by atoms with Crippen LogP contribution in [0.5, 0.6) is 0 Å². The summed E-state index contributed by atoms with van der Waals surface area (Å²) >= 11 is 0. The monoisotopic (exact) mass is 474 g/mol. The summed E-state index contributed by atoms with van der Waals surface area (Å²) in [6.45, 7) is 7.50. The lowest BCUT2D eigenvalue weighted by molar-refractivity contribution is -0.138. The van der Waals surface area contributed by atoms with Crippen molar-refractivity contribution >= 4 is 22.8 Å². The maximum Gasteiger partial charge on any atom is 0.226 e. The van der Waals surface area contributed by atoms with Gasteiger partial charge in [0, 0.05) is 30.5 Å². The van der Waals surface area contributed by atoms with Crippen molar-refractivity contribution in [2.24, 2.45) is 34.5 Å². The van der Waals surface area contributed by atoms with E-state index >= 15 is 0 Å². The Hall–Kier alpha value is -2.63. The van der Waals surface area contributed by atoms with Gasteiger partial charge < -0.3 is 15.2 Å². The van der Waals surface area contributed by atoms with Gasteiger partial charge in [-0.3, -0.25) is 9.59 Å². The molecule has 2 N–H and O–H groups in total. The van der Waals surface area contributed by atoms with Gasteiger partial charge in [0.25, 0.3) is 0 Å². The summed E-state index contributed by atoms with van der Waals surface area (Å²) in [5, 5.41) is 3.22. The Morgan fingerprint density at radius 3 is 2.77 bits per heavy atom. The standard InChI is InChI=1S/C29H38N4O2/c1-17-15-18-19-9-10-21(27(35)30-16-24-31-22-7-5-6-8-23(22)32-24)28(19,2)13-11-20(18)29(3)14-12-25(34)33(4)26(17)29/h5-8,18-21H,9-16H2,1-4H3,(H,30,35)(H,31,32)/t18-,19-,20-,21+,28-,29+/m0/s1. The highest BCUT2D eigenvalue weighted by Gasteiger charge is 2.61. The van der Waals surface area contributed by atoms with E-state index in [-0.39, 0.29) is 28.6 Å². The Morgan fingerprint density at radius 2 is 1.97 bits per heavy atom. The second-order valence-electron chi connectivity index (χ2n) is 12.2. The maximum atomic E-state index is 13.5. The van der Waals surface area contributed by atoms with E-state index in [0.717, 1.165) is 55.4 Å². The third-order valence-electron chi connectivity index (χ3n) is 10.5. The molecule has 6 rings (SSSR count). The van der Waals surface area contributed by atoms with Crippen molar-refractivity contribution in [3.63, 3.8) is 0 Å². The van der Waals surface area contributed by atoms with Gasteiger partial charge in [0.2, 0.25) is 11.8 Å². The molecule has 35 heavy (non-hydrogen) atoms. The van der Waals surface area contributed by atoms with Crippen LogP contribution >= 0.6 is 0 Å². The fourth-order valence-electron chi connectivity index (χ4n) is 8.92. The number of para-hydroxylation sites is 2. The Bertz CT molecular complexity index is 1200. The largest absolute Gasteiger partial charge is 0.349 e. The predicted molar refractivity (Wildman–Crippen MR) is 136 cm³/mol. The van der Waals surface area contributed by atoms with Crippen molar-refractivity contribution in [2.45, 2.75) is 72.3 Å². The Balaban J connectivity index is 1.21. The highest BCUT2D eigenvalue weighted by molar-refractivity contribution is 5.81. The van der Waals surface area contributed by atoms with Gasteiger partial charge in [-0.15, -0.1) is 0 Å². The molecule has 6 nitrogen and oxygen atoms in total. The van der Waals surface area contributed by atoms with E-state index in [4.69, 9.17) is 0 Å². The number of imidazole rings is 1. The van der Waals surface area contributed by atoms with Crippen LogP contribution in [0.3, 0.4) is 0 Å². The molecule has 6 heteroatoms. The first kappa shape index (κ1) is 22.8. The fraction of sp³-hybridized carbons (Fsp3) is 0.621. The smallest absolute Gasteiger partial charge is 0.226 e. The van der Waals surface area contributed by atoms with Crippen LogP contribution in [0.15, 0.2) is 35.5 Å². The first-order chi connectivity index (χ1) is 16.7. The number of likely N-dealkylation sites (tertiary alicyclic amines) is 1. The van der Waals surface area contributed by atoms with Crippen LogP contribution in [0, 0.1) is 34.5 Å². The fourth-order valence-corrected chi connectivity index (χ4v) is 8.92. The Kier molecular flexibility index (Phi) is 5.17. The number of allylic oxidation sites excluding steroid dienone is 2. The molecule has 0 bridgehead atoms. The Labute approximate surface area is 207 Å². The number of fused-ring (bicyclic) bond motifs is 6. The van der Waals surface area contributed by atoms with E-state index in [1.165, 1.54) is 11.3 Å². The first-order valence-corrected chi connectivity index (χ1v) is 13.4. The summed E-state index contributed by atoms with van der Waals surface area (Å²) in [6.07, 6.45) is 7.05. The van der Waals surface area contributed by atoms with E-state index in [2.05, 4.69) is 36.1 Å². The van der Waals surface area contributed by atoms with Gasteiger partial charge >= 0.3 is 0 Å². The van der Waals surface area contributed by atoms with E-state index in [0.29, 0.717) is 30.7 Å². The second-order valence-corrected chi connectivity index (χ2v) is 12.2. The average molecular weight is 475 g/mol. The van der Waals surface area contributed by atoms with Gasteiger partial charge in [-0.1, -0.05) is 31.6 Å². The minimum atomic E-state index is 0.0453. The SMILES string of the molecule is CC1=C2N(C)C(=O)CC[C@]2(C)[C@H]2CC[C@]3(C)[C@@H](C(=O)NCc4nc5ccccc5[nH]4)CC[C@H]3[C@@H]2C1. The third kappa shape index (κ3) is 3.31. The summed E-state index contributed by atoms with van der Waals surface area (Å²) in [5.41, 5.74) is 4.77. The minimum Gasteiger partial charge on any atom is -0.349 e. The zero-order valence-electron chi connectivity index (χ0n) is 21.5. The van der Waals surface area contributed by atoms with E-state index < -0.39 is 0 Å². The number of carbonyl (C=O) groups excluding carboxylic acids is 2. The maximum absolute atomic E-state index is 13.5. The molecule has 0 spiro atoms. The third-order valence-corrected chi connectivity index (χ3v) is 10.5. The molecule has 0 radical (unpaired) electrons. The number of aromatic amines is 1. The Morgan fingerprint density at radius 1 is 1.17 bits per heavy atom. The number of aromatic nitrogens is 2. The highest BCUT2D eigenvalue weighted by Crippen LogP contribution is 2.66. The van der Waals surface area contributed by atoms with Crippen molar-refractivity contribution in [2.75, 3.05) is 7.05 Å². The number of nitrogens with zero attached hydrogens (tertiary/aromatic N) is 2. The molecule has 6 atom stereocenters. The molecule has 2 aromatic rings. The molecule has 1 aliphatic heterocycles. The number of carbonyl (C=O) groups is 2. The lowest BCUT2D eigenvalue weighted by atomic mass is 9.48. The molecule has 1 aromatic carbocycles. The zero-order chi connectivity index (χ0) is 24.5. The van der Waals surface area contributed by atoms with Crippen LogP contribution in [0.2, 0.25) is 0 Å².